The Labute approximate surface area is 192 Å². The van der Waals surface area contributed by atoms with Crippen molar-refractivity contribution in [1.29, 1.82) is 0 Å². The average molecular weight is 443 g/mol. The molecule has 168 valence electrons. The molecular formula is C26H26N4O3. The highest BCUT2D eigenvalue weighted by molar-refractivity contribution is 6.05. The third-order valence-electron chi connectivity index (χ3n) is 5.68. The van der Waals surface area contributed by atoms with Crippen LogP contribution in [0.5, 0.6) is 0 Å². The number of pyridine rings is 1. The third-order valence-corrected chi connectivity index (χ3v) is 5.68. The number of likely N-dealkylation sites (tertiary alicyclic amines) is 1. The first-order chi connectivity index (χ1) is 16.0. The van der Waals surface area contributed by atoms with Crippen LogP contribution >= 0.6 is 0 Å². The monoisotopic (exact) mass is 442 g/mol. The standard InChI is InChI=1S/C26H26N4O3/c1-18-10-12-19(13-11-18)26(33)30-15-5-7-21(17-30)25(32)28-22-8-4-6-20(16-22)24(31)29-23-9-2-3-14-27-23/h2-4,6,8-14,16,21H,5,7,15,17H2,1H3,(H,28,32)(H,27,29,31). The van der Waals surface area contributed by atoms with Crippen molar-refractivity contribution >= 4 is 29.2 Å². The van der Waals surface area contributed by atoms with E-state index < -0.39 is 0 Å². The number of aryl methyl sites for hydroxylation is 1. The Morgan fingerprint density at radius 1 is 0.939 bits per heavy atom. The number of hydrogen-bond acceptors (Lipinski definition) is 4. The van der Waals surface area contributed by atoms with Crippen molar-refractivity contribution < 1.29 is 14.4 Å². The molecule has 0 bridgehead atoms. The maximum Gasteiger partial charge on any atom is 0.256 e. The Kier molecular flexibility index (Phi) is 6.78. The maximum absolute atomic E-state index is 12.9. The molecule has 0 spiro atoms. The van der Waals surface area contributed by atoms with Crippen molar-refractivity contribution in [2.75, 3.05) is 23.7 Å². The lowest BCUT2D eigenvalue weighted by Gasteiger charge is -2.32. The summed E-state index contributed by atoms with van der Waals surface area (Å²) in [5, 5.41) is 5.64. The Bertz CT molecular complexity index is 1150. The van der Waals surface area contributed by atoms with E-state index in [-0.39, 0.29) is 23.6 Å². The molecule has 4 rings (SSSR count). The van der Waals surface area contributed by atoms with Gasteiger partial charge in [0.1, 0.15) is 5.82 Å². The minimum absolute atomic E-state index is 0.0549. The zero-order valence-corrected chi connectivity index (χ0v) is 18.5. The molecule has 1 aliphatic rings. The van der Waals surface area contributed by atoms with E-state index in [1.54, 1.807) is 53.6 Å². The molecule has 1 aliphatic heterocycles. The lowest BCUT2D eigenvalue weighted by molar-refractivity contribution is -0.121. The summed E-state index contributed by atoms with van der Waals surface area (Å²) in [6, 6.07) is 19.5. The van der Waals surface area contributed by atoms with Crippen LogP contribution in [-0.2, 0) is 4.79 Å². The number of hydrogen-bond donors (Lipinski definition) is 2. The minimum atomic E-state index is -0.308. The summed E-state index contributed by atoms with van der Waals surface area (Å²) in [5.41, 5.74) is 2.68. The van der Waals surface area contributed by atoms with Crippen molar-refractivity contribution in [3.8, 4) is 0 Å². The van der Waals surface area contributed by atoms with E-state index in [0.717, 1.165) is 12.0 Å². The number of benzene rings is 2. The smallest absolute Gasteiger partial charge is 0.256 e. The van der Waals surface area contributed by atoms with Gasteiger partial charge in [-0.15, -0.1) is 0 Å². The highest BCUT2D eigenvalue weighted by Gasteiger charge is 2.29. The lowest BCUT2D eigenvalue weighted by atomic mass is 9.96. The molecule has 33 heavy (non-hydrogen) atoms. The van der Waals surface area contributed by atoms with Crippen LogP contribution < -0.4 is 10.6 Å². The fraction of sp³-hybridized carbons (Fsp3) is 0.231. The number of anilines is 2. The van der Waals surface area contributed by atoms with E-state index in [1.807, 2.05) is 31.2 Å². The van der Waals surface area contributed by atoms with Crippen LogP contribution in [0.15, 0.2) is 72.9 Å². The second-order valence-corrected chi connectivity index (χ2v) is 8.20. The van der Waals surface area contributed by atoms with Gasteiger partial charge in [0.2, 0.25) is 5.91 Å². The first kappa shape index (κ1) is 22.2. The van der Waals surface area contributed by atoms with Gasteiger partial charge >= 0.3 is 0 Å². The summed E-state index contributed by atoms with van der Waals surface area (Å²) < 4.78 is 0. The first-order valence-electron chi connectivity index (χ1n) is 11.0. The SMILES string of the molecule is Cc1ccc(C(=O)N2CCCC(C(=O)Nc3cccc(C(=O)Nc4ccccn4)c3)C2)cc1. The first-order valence-corrected chi connectivity index (χ1v) is 11.0. The van der Waals surface area contributed by atoms with Gasteiger partial charge in [0.15, 0.2) is 0 Å². The quantitative estimate of drug-likeness (QED) is 0.621. The summed E-state index contributed by atoms with van der Waals surface area (Å²) in [4.78, 5) is 44.1. The zero-order chi connectivity index (χ0) is 23.2. The maximum atomic E-state index is 12.9. The zero-order valence-electron chi connectivity index (χ0n) is 18.5. The molecular weight excluding hydrogens is 416 g/mol. The van der Waals surface area contributed by atoms with E-state index in [0.29, 0.717) is 42.1 Å². The summed E-state index contributed by atoms with van der Waals surface area (Å²) in [7, 11) is 0. The summed E-state index contributed by atoms with van der Waals surface area (Å²) in [6.07, 6.45) is 3.08. The second-order valence-electron chi connectivity index (χ2n) is 8.20. The van der Waals surface area contributed by atoms with E-state index >= 15 is 0 Å². The van der Waals surface area contributed by atoms with Gasteiger partial charge in [-0.1, -0.05) is 29.8 Å². The third kappa shape index (κ3) is 5.63. The number of amides is 3. The van der Waals surface area contributed by atoms with Gasteiger partial charge in [0.25, 0.3) is 11.8 Å². The predicted octanol–water partition coefficient (Wildman–Crippen LogP) is 4.13. The normalized spacial score (nSPS) is 15.5. The molecule has 1 saturated heterocycles. The molecule has 0 aliphatic carbocycles. The van der Waals surface area contributed by atoms with Crippen molar-refractivity contribution in [1.82, 2.24) is 9.88 Å². The van der Waals surface area contributed by atoms with Crippen LogP contribution in [0, 0.1) is 12.8 Å². The number of nitrogens with one attached hydrogen (secondary N) is 2. The van der Waals surface area contributed by atoms with Gasteiger partial charge in [-0.3, -0.25) is 14.4 Å². The molecule has 1 fully saturated rings. The number of aromatic nitrogens is 1. The van der Waals surface area contributed by atoms with Crippen molar-refractivity contribution in [3.05, 3.63) is 89.6 Å². The average Bonchev–Trinajstić information content (AvgIpc) is 2.85. The van der Waals surface area contributed by atoms with Crippen LogP contribution in [0.2, 0.25) is 0 Å². The van der Waals surface area contributed by atoms with E-state index in [9.17, 15) is 14.4 Å². The minimum Gasteiger partial charge on any atom is -0.338 e. The van der Waals surface area contributed by atoms with Gasteiger partial charge in [0.05, 0.1) is 5.92 Å². The van der Waals surface area contributed by atoms with Crippen LogP contribution in [0.3, 0.4) is 0 Å². The molecule has 3 amide bonds. The summed E-state index contributed by atoms with van der Waals surface area (Å²) >= 11 is 0. The van der Waals surface area contributed by atoms with Crippen LogP contribution in [0.1, 0.15) is 39.1 Å². The van der Waals surface area contributed by atoms with Crippen LogP contribution in [0.4, 0.5) is 11.5 Å². The van der Waals surface area contributed by atoms with E-state index in [1.165, 1.54) is 0 Å². The topological polar surface area (TPSA) is 91.4 Å². The number of carbonyl (C=O) groups is 3. The number of carbonyl (C=O) groups excluding carboxylic acids is 3. The Morgan fingerprint density at radius 3 is 2.52 bits per heavy atom. The summed E-state index contributed by atoms with van der Waals surface area (Å²) in [5.74, 6) is -0.367. The molecule has 1 aromatic heterocycles. The van der Waals surface area contributed by atoms with E-state index in [2.05, 4.69) is 15.6 Å². The van der Waals surface area contributed by atoms with Crippen LogP contribution in [0.25, 0.3) is 0 Å². The number of piperidine rings is 1. The van der Waals surface area contributed by atoms with Crippen molar-refractivity contribution in [2.24, 2.45) is 5.92 Å². The molecule has 2 N–H and O–H groups in total. The number of nitrogens with zero attached hydrogens (tertiary/aromatic N) is 2. The molecule has 2 aromatic carbocycles. The van der Waals surface area contributed by atoms with Gasteiger partial charge in [0, 0.05) is 36.1 Å². The van der Waals surface area contributed by atoms with Crippen LogP contribution in [-0.4, -0.2) is 40.7 Å². The Balaban J connectivity index is 1.38. The predicted molar refractivity (Wildman–Crippen MR) is 127 cm³/mol. The Morgan fingerprint density at radius 2 is 1.76 bits per heavy atom. The molecule has 0 saturated carbocycles. The fourth-order valence-electron chi connectivity index (χ4n) is 3.86. The Hall–Kier alpha value is -4.00. The van der Waals surface area contributed by atoms with Gasteiger partial charge in [-0.2, -0.15) is 0 Å². The van der Waals surface area contributed by atoms with Crippen molar-refractivity contribution in [3.63, 3.8) is 0 Å². The number of rotatable bonds is 5. The molecule has 3 aromatic rings. The lowest BCUT2D eigenvalue weighted by Crippen LogP contribution is -2.43. The fourth-order valence-corrected chi connectivity index (χ4v) is 3.86. The molecule has 1 atom stereocenters. The van der Waals surface area contributed by atoms with Crippen molar-refractivity contribution in [2.45, 2.75) is 19.8 Å². The van der Waals surface area contributed by atoms with Gasteiger partial charge < -0.3 is 15.5 Å². The van der Waals surface area contributed by atoms with Gasteiger partial charge in [-0.05, 0) is 62.2 Å². The van der Waals surface area contributed by atoms with Gasteiger partial charge in [-0.25, -0.2) is 4.98 Å². The highest BCUT2D eigenvalue weighted by atomic mass is 16.2. The highest BCUT2D eigenvalue weighted by Crippen LogP contribution is 2.21. The molecule has 7 heteroatoms. The molecule has 0 radical (unpaired) electrons. The molecule has 1 unspecified atom stereocenters. The van der Waals surface area contributed by atoms with E-state index in [4.69, 9.17) is 0 Å². The largest absolute Gasteiger partial charge is 0.338 e. The molecule has 7 nitrogen and oxygen atoms in total. The summed E-state index contributed by atoms with van der Waals surface area (Å²) in [6.45, 7) is 2.99. The second kappa shape index (κ2) is 10.1. The molecule has 2 heterocycles.